The fourth-order valence-corrected chi connectivity index (χ4v) is 2.97. The fraction of sp³-hybridized carbons (Fsp3) is 0.588. The normalized spacial score (nSPS) is 16.8. The number of aryl methyl sites for hydroxylation is 1. The number of amides is 1. The zero-order valence-electron chi connectivity index (χ0n) is 13.8. The number of ether oxygens (including phenoxy) is 2. The van der Waals surface area contributed by atoms with Gasteiger partial charge in [-0.1, -0.05) is 11.6 Å². The van der Waals surface area contributed by atoms with Gasteiger partial charge < -0.3 is 20.1 Å². The van der Waals surface area contributed by atoms with E-state index in [9.17, 15) is 4.79 Å². The number of halogens is 1. The van der Waals surface area contributed by atoms with Crippen molar-refractivity contribution < 1.29 is 14.3 Å². The van der Waals surface area contributed by atoms with Crippen molar-refractivity contribution in [2.24, 2.45) is 0 Å². The SMILES string of the molecule is COC1(C(=O)NCCCOc2ccc(Cl)cc2C)CCNCC1. The number of hydrogen-bond donors (Lipinski definition) is 2. The Balaban J connectivity index is 1.71. The van der Waals surface area contributed by atoms with E-state index in [0.717, 1.165) is 30.8 Å². The average molecular weight is 341 g/mol. The summed E-state index contributed by atoms with van der Waals surface area (Å²) >= 11 is 5.92. The van der Waals surface area contributed by atoms with Crippen LogP contribution in [0.15, 0.2) is 18.2 Å². The number of methoxy groups -OCH3 is 1. The molecular formula is C17H25ClN2O3. The molecule has 2 N–H and O–H groups in total. The molecule has 0 aromatic heterocycles. The fourth-order valence-electron chi connectivity index (χ4n) is 2.75. The molecule has 0 bridgehead atoms. The second kappa shape index (κ2) is 8.52. The highest BCUT2D eigenvalue weighted by Gasteiger charge is 2.39. The zero-order chi connectivity index (χ0) is 16.7. The lowest BCUT2D eigenvalue weighted by Crippen LogP contribution is -2.54. The predicted molar refractivity (Wildman–Crippen MR) is 91.2 cm³/mol. The molecule has 0 atom stereocenters. The molecule has 1 aliphatic rings. The van der Waals surface area contributed by atoms with Crippen molar-refractivity contribution in [1.82, 2.24) is 10.6 Å². The molecule has 1 heterocycles. The van der Waals surface area contributed by atoms with Gasteiger partial charge in [-0.25, -0.2) is 0 Å². The van der Waals surface area contributed by atoms with Crippen LogP contribution in [-0.4, -0.2) is 44.9 Å². The lowest BCUT2D eigenvalue weighted by atomic mass is 9.91. The Morgan fingerprint density at radius 2 is 2.13 bits per heavy atom. The maximum Gasteiger partial charge on any atom is 0.252 e. The molecule has 0 aliphatic carbocycles. The molecule has 0 spiro atoms. The third-order valence-electron chi connectivity index (χ3n) is 4.22. The number of benzene rings is 1. The number of piperidine rings is 1. The highest BCUT2D eigenvalue weighted by atomic mass is 35.5. The van der Waals surface area contributed by atoms with E-state index in [4.69, 9.17) is 21.1 Å². The summed E-state index contributed by atoms with van der Waals surface area (Å²) in [4.78, 5) is 12.4. The summed E-state index contributed by atoms with van der Waals surface area (Å²) in [5, 5.41) is 6.91. The molecule has 6 heteroatoms. The Kier molecular flexibility index (Phi) is 6.69. The van der Waals surface area contributed by atoms with E-state index in [-0.39, 0.29) is 5.91 Å². The summed E-state index contributed by atoms with van der Waals surface area (Å²) in [7, 11) is 1.61. The Hall–Kier alpha value is -1.30. The van der Waals surface area contributed by atoms with Gasteiger partial charge in [-0.3, -0.25) is 4.79 Å². The van der Waals surface area contributed by atoms with E-state index >= 15 is 0 Å². The molecule has 1 fully saturated rings. The zero-order valence-corrected chi connectivity index (χ0v) is 14.5. The summed E-state index contributed by atoms with van der Waals surface area (Å²) in [6.45, 7) is 4.69. The van der Waals surface area contributed by atoms with Crippen LogP contribution in [-0.2, 0) is 9.53 Å². The molecule has 0 saturated carbocycles. The van der Waals surface area contributed by atoms with Gasteiger partial charge in [0.25, 0.3) is 5.91 Å². The quantitative estimate of drug-likeness (QED) is 0.748. The molecular weight excluding hydrogens is 316 g/mol. The number of carbonyl (C=O) groups excluding carboxylic acids is 1. The third kappa shape index (κ3) is 4.83. The molecule has 0 radical (unpaired) electrons. The topological polar surface area (TPSA) is 59.6 Å². The highest BCUT2D eigenvalue weighted by molar-refractivity contribution is 6.30. The Labute approximate surface area is 142 Å². The first-order valence-electron chi connectivity index (χ1n) is 8.00. The van der Waals surface area contributed by atoms with Crippen molar-refractivity contribution in [3.63, 3.8) is 0 Å². The molecule has 0 unspecified atom stereocenters. The lowest BCUT2D eigenvalue weighted by molar-refractivity contribution is -0.146. The first kappa shape index (κ1) is 18.0. The van der Waals surface area contributed by atoms with Gasteiger partial charge in [0.2, 0.25) is 0 Å². The highest BCUT2D eigenvalue weighted by Crippen LogP contribution is 2.23. The van der Waals surface area contributed by atoms with Crippen LogP contribution in [0.5, 0.6) is 5.75 Å². The van der Waals surface area contributed by atoms with Gasteiger partial charge in [-0.05, 0) is 63.0 Å². The van der Waals surface area contributed by atoms with E-state index in [1.165, 1.54) is 0 Å². The minimum atomic E-state index is -0.682. The van der Waals surface area contributed by atoms with Crippen molar-refractivity contribution in [3.8, 4) is 5.75 Å². The van der Waals surface area contributed by atoms with E-state index in [1.54, 1.807) is 7.11 Å². The molecule has 1 aromatic carbocycles. The van der Waals surface area contributed by atoms with Gasteiger partial charge >= 0.3 is 0 Å². The molecule has 23 heavy (non-hydrogen) atoms. The summed E-state index contributed by atoms with van der Waals surface area (Å²) in [6.07, 6.45) is 2.15. The molecule has 128 valence electrons. The minimum absolute atomic E-state index is 0.0239. The van der Waals surface area contributed by atoms with E-state index in [2.05, 4.69) is 10.6 Å². The van der Waals surface area contributed by atoms with Gasteiger partial charge in [-0.2, -0.15) is 0 Å². The van der Waals surface area contributed by atoms with E-state index < -0.39 is 5.60 Å². The molecule has 1 aromatic rings. The van der Waals surface area contributed by atoms with Crippen LogP contribution in [0.25, 0.3) is 0 Å². The molecule has 1 amide bonds. The Morgan fingerprint density at radius 3 is 2.78 bits per heavy atom. The van der Waals surface area contributed by atoms with Crippen molar-refractivity contribution in [1.29, 1.82) is 0 Å². The second-order valence-corrected chi connectivity index (χ2v) is 6.25. The van der Waals surface area contributed by atoms with Gasteiger partial charge in [-0.15, -0.1) is 0 Å². The standard InChI is InChI=1S/C17H25ClN2O3/c1-13-12-14(18)4-5-15(13)23-11-3-8-20-16(21)17(22-2)6-9-19-10-7-17/h4-5,12,19H,3,6-11H2,1-2H3,(H,20,21). The largest absolute Gasteiger partial charge is 0.493 e. The predicted octanol–water partition coefficient (Wildman–Crippen LogP) is 2.30. The van der Waals surface area contributed by atoms with Crippen molar-refractivity contribution in [3.05, 3.63) is 28.8 Å². The van der Waals surface area contributed by atoms with Crippen LogP contribution in [0, 0.1) is 6.92 Å². The van der Waals surface area contributed by atoms with Gasteiger partial charge in [0.1, 0.15) is 11.4 Å². The maximum atomic E-state index is 12.4. The summed E-state index contributed by atoms with van der Waals surface area (Å²) in [6, 6.07) is 5.55. The smallest absolute Gasteiger partial charge is 0.252 e. The number of carbonyl (C=O) groups is 1. The van der Waals surface area contributed by atoms with E-state index in [0.29, 0.717) is 31.0 Å². The molecule has 1 aliphatic heterocycles. The summed E-state index contributed by atoms with van der Waals surface area (Å²) < 4.78 is 11.2. The van der Waals surface area contributed by atoms with Gasteiger partial charge in [0, 0.05) is 18.7 Å². The van der Waals surface area contributed by atoms with Crippen LogP contribution >= 0.6 is 11.6 Å². The van der Waals surface area contributed by atoms with Crippen LogP contribution in [0.3, 0.4) is 0 Å². The first-order chi connectivity index (χ1) is 11.1. The van der Waals surface area contributed by atoms with Crippen molar-refractivity contribution in [2.45, 2.75) is 31.8 Å². The van der Waals surface area contributed by atoms with Gasteiger partial charge in [0.05, 0.1) is 6.61 Å². The second-order valence-electron chi connectivity index (χ2n) is 5.82. The van der Waals surface area contributed by atoms with Crippen LogP contribution in [0.1, 0.15) is 24.8 Å². The van der Waals surface area contributed by atoms with Crippen molar-refractivity contribution >= 4 is 17.5 Å². The molecule has 2 rings (SSSR count). The summed E-state index contributed by atoms with van der Waals surface area (Å²) in [5.41, 5.74) is 0.327. The van der Waals surface area contributed by atoms with Gasteiger partial charge in [0.15, 0.2) is 0 Å². The Bertz CT molecular complexity index is 531. The van der Waals surface area contributed by atoms with Crippen LogP contribution < -0.4 is 15.4 Å². The Morgan fingerprint density at radius 1 is 1.39 bits per heavy atom. The summed E-state index contributed by atoms with van der Waals surface area (Å²) in [5.74, 6) is 0.802. The number of nitrogens with one attached hydrogen (secondary N) is 2. The monoisotopic (exact) mass is 340 g/mol. The minimum Gasteiger partial charge on any atom is -0.493 e. The lowest BCUT2D eigenvalue weighted by Gasteiger charge is -2.34. The van der Waals surface area contributed by atoms with Crippen LogP contribution in [0.4, 0.5) is 0 Å². The third-order valence-corrected chi connectivity index (χ3v) is 4.45. The van der Waals surface area contributed by atoms with Crippen molar-refractivity contribution in [2.75, 3.05) is 33.4 Å². The average Bonchev–Trinajstić information content (AvgIpc) is 2.56. The number of rotatable bonds is 7. The van der Waals surface area contributed by atoms with Crippen LogP contribution in [0.2, 0.25) is 5.02 Å². The number of hydrogen-bond acceptors (Lipinski definition) is 4. The van der Waals surface area contributed by atoms with E-state index in [1.807, 2.05) is 25.1 Å². The molecule has 1 saturated heterocycles. The first-order valence-corrected chi connectivity index (χ1v) is 8.38. The maximum absolute atomic E-state index is 12.4. The molecule has 5 nitrogen and oxygen atoms in total.